The van der Waals surface area contributed by atoms with E-state index in [4.69, 9.17) is 10.8 Å². The summed E-state index contributed by atoms with van der Waals surface area (Å²) in [5.74, 6) is -3.34. The number of benzene rings is 1. The van der Waals surface area contributed by atoms with Gasteiger partial charge in [-0.1, -0.05) is 30.3 Å². The Bertz CT molecular complexity index is 685. The van der Waals surface area contributed by atoms with Crippen molar-refractivity contribution in [2.24, 2.45) is 5.73 Å². The molecule has 0 saturated heterocycles. The third-order valence-corrected chi connectivity index (χ3v) is 4.52. The van der Waals surface area contributed by atoms with Gasteiger partial charge in [0.2, 0.25) is 11.8 Å². The molecular formula is C18H25N3O6S. The number of hydrogen-bond acceptors (Lipinski definition) is 6. The van der Waals surface area contributed by atoms with Crippen molar-refractivity contribution in [2.75, 3.05) is 12.0 Å². The summed E-state index contributed by atoms with van der Waals surface area (Å²) in [6, 6.07) is 5.33. The molecule has 0 saturated carbocycles. The minimum absolute atomic E-state index is 0.104. The lowest BCUT2D eigenvalue weighted by molar-refractivity contribution is -0.142. The molecule has 10 heteroatoms. The Balaban J connectivity index is 2.91. The number of hydrogen-bond donors (Lipinski definition) is 5. The zero-order valence-electron chi connectivity index (χ0n) is 15.5. The molecule has 0 spiro atoms. The zero-order chi connectivity index (χ0) is 21.1. The van der Waals surface area contributed by atoms with Crippen LogP contribution in [-0.4, -0.2) is 64.1 Å². The summed E-state index contributed by atoms with van der Waals surface area (Å²) in [6.07, 6.45) is 1.57. The third-order valence-electron chi connectivity index (χ3n) is 3.87. The fourth-order valence-electron chi connectivity index (χ4n) is 2.38. The van der Waals surface area contributed by atoms with E-state index in [2.05, 4.69) is 10.6 Å². The number of nitrogens with one attached hydrogen (secondary N) is 2. The van der Waals surface area contributed by atoms with Crippen LogP contribution in [0.4, 0.5) is 0 Å². The van der Waals surface area contributed by atoms with Crippen molar-refractivity contribution in [3.63, 3.8) is 0 Å². The van der Waals surface area contributed by atoms with Crippen LogP contribution in [0.25, 0.3) is 0 Å². The lowest BCUT2D eigenvalue weighted by Crippen LogP contribution is -2.55. The number of carboxylic acids is 2. The van der Waals surface area contributed by atoms with Gasteiger partial charge in [-0.25, -0.2) is 4.79 Å². The summed E-state index contributed by atoms with van der Waals surface area (Å²) < 4.78 is 0. The third kappa shape index (κ3) is 8.40. The van der Waals surface area contributed by atoms with Gasteiger partial charge in [0.1, 0.15) is 12.1 Å². The van der Waals surface area contributed by atoms with E-state index in [1.807, 2.05) is 6.26 Å². The quantitative estimate of drug-likeness (QED) is 0.317. The van der Waals surface area contributed by atoms with E-state index in [1.165, 1.54) is 11.8 Å². The normalized spacial score (nSPS) is 13.8. The van der Waals surface area contributed by atoms with Gasteiger partial charge in [-0.2, -0.15) is 11.8 Å². The van der Waals surface area contributed by atoms with Crippen molar-refractivity contribution in [1.82, 2.24) is 10.6 Å². The van der Waals surface area contributed by atoms with Gasteiger partial charge in [-0.15, -0.1) is 0 Å². The van der Waals surface area contributed by atoms with Crippen molar-refractivity contribution in [3.8, 4) is 0 Å². The average molecular weight is 411 g/mol. The minimum atomic E-state index is -1.32. The van der Waals surface area contributed by atoms with Gasteiger partial charge >= 0.3 is 11.9 Å². The second kappa shape index (κ2) is 12.0. The molecule has 28 heavy (non-hydrogen) atoms. The van der Waals surface area contributed by atoms with E-state index >= 15 is 0 Å². The lowest BCUT2D eigenvalue weighted by atomic mass is 10.0. The fourth-order valence-corrected chi connectivity index (χ4v) is 2.86. The molecule has 0 radical (unpaired) electrons. The number of rotatable bonds is 12. The van der Waals surface area contributed by atoms with E-state index in [0.717, 1.165) is 5.56 Å². The minimum Gasteiger partial charge on any atom is -0.481 e. The summed E-state index contributed by atoms with van der Waals surface area (Å²) in [6.45, 7) is 0. The first-order chi connectivity index (χ1) is 13.2. The Labute approximate surface area is 167 Å². The van der Waals surface area contributed by atoms with Gasteiger partial charge in [0.25, 0.3) is 0 Å². The van der Waals surface area contributed by atoms with E-state index in [1.54, 1.807) is 30.3 Å². The van der Waals surface area contributed by atoms with Gasteiger partial charge < -0.3 is 26.6 Å². The van der Waals surface area contributed by atoms with Gasteiger partial charge in [-0.3, -0.25) is 14.4 Å². The summed E-state index contributed by atoms with van der Waals surface area (Å²) >= 11 is 1.45. The maximum Gasteiger partial charge on any atom is 0.326 e. The molecule has 6 N–H and O–H groups in total. The highest BCUT2D eigenvalue weighted by molar-refractivity contribution is 7.98. The van der Waals surface area contributed by atoms with Gasteiger partial charge in [0.05, 0.1) is 12.5 Å². The molecule has 9 nitrogen and oxygen atoms in total. The first kappa shape index (κ1) is 23.4. The number of nitrogens with two attached hydrogens (primary N) is 1. The van der Waals surface area contributed by atoms with Crippen molar-refractivity contribution < 1.29 is 29.4 Å². The molecule has 0 aliphatic heterocycles. The van der Waals surface area contributed by atoms with E-state index in [-0.39, 0.29) is 12.8 Å². The van der Waals surface area contributed by atoms with Crippen LogP contribution in [0.1, 0.15) is 18.4 Å². The monoisotopic (exact) mass is 411 g/mol. The summed E-state index contributed by atoms with van der Waals surface area (Å²) in [5, 5.41) is 22.9. The van der Waals surface area contributed by atoms with Crippen molar-refractivity contribution in [2.45, 2.75) is 37.4 Å². The Morgan fingerprint density at radius 3 is 2.18 bits per heavy atom. The largest absolute Gasteiger partial charge is 0.481 e. The molecule has 0 aliphatic rings. The van der Waals surface area contributed by atoms with Crippen molar-refractivity contribution >= 4 is 35.5 Å². The second-order valence-corrected chi connectivity index (χ2v) is 7.12. The lowest BCUT2D eigenvalue weighted by Gasteiger charge is -2.22. The van der Waals surface area contributed by atoms with Crippen molar-refractivity contribution in [1.29, 1.82) is 0 Å². The van der Waals surface area contributed by atoms with Crippen LogP contribution in [0.3, 0.4) is 0 Å². The molecule has 2 amide bonds. The van der Waals surface area contributed by atoms with Gasteiger partial charge in [-0.05, 0) is 24.0 Å². The first-order valence-corrected chi connectivity index (χ1v) is 9.97. The van der Waals surface area contributed by atoms with Crippen LogP contribution in [0.5, 0.6) is 0 Å². The number of carbonyl (C=O) groups excluding carboxylic acids is 2. The van der Waals surface area contributed by atoms with Gasteiger partial charge in [0.15, 0.2) is 0 Å². The Hall–Kier alpha value is -2.59. The summed E-state index contributed by atoms with van der Waals surface area (Å²) in [7, 11) is 0. The molecule has 1 aromatic rings. The number of amides is 2. The van der Waals surface area contributed by atoms with Gasteiger partial charge in [0, 0.05) is 6.42 Å². The topological polar surface area (TPSA) is 159 Å². The molecule has 3 atom stereocenters. The molecule has 154 valence electrons. The molecule has 0 heterocycles. The van der Waals surface area contributed by atoms with Crippen LogP contribution in [0.2, 0.25) is 0 Å². The van der Waals surface area contributed by atoms with Crippen LogP contribution in [0.15, 0.2) is 30.3 Å². The summed E-state index contributed by atoms with van der Waals surface area (Å²) in [5.41, 5.74) is 6.30. The van der Waals surface area contributed by atoms with Crippen LogP contribution >= 0.6 is 11.8 Å². The standard InChI is InChI=1S/C18H25N3O6S/c1-28-8-7-13(18(26)27)20-17(25)14(9-11-5-3-2-4-6-11)21-16(24)12(19)10-15(22)23/h2-6,12-14H,7-10,19H2,1H3,(H,20,25)(H,21,24)(H,22,23)(H,26,27)/t12-,13-,14-/m0/s1. The highest BCUT2D eigenvalue weighted by Crippen LogP contribution is 2.06. The molecule has 0 aromatic heterocycles. The Morgan fingerprint density at radius 2 is 1.64 bits per heavy atom. The number of thioether (sulfide) groups is 1. The number of carboxylic acid groups (broad SMARTS) is 2. The molecule has 1 rings (SSSR count). The SMILES string of the molecule is CSCC[C@H](NC(=O)[C@H](Cc1ccccc1)NC(=O)[C@@H](N)CC(=O)O)C(=O)O. The first-order valence-electron chi connectivity index (χ1n) is 8.58. The zero-order valence-corrected chi connectivity index (χ0v) is 16.3. The van der Waals surface area contributed by atoms with E-state index in [9.17, 15) is 24.3 Å². The molecule has 1 aromatic carbocycles. The number of carbonyl (C=O) groups is 4. The van der Waals surface area contributed by atoms with Crippen LogP contribution in [-0.2, 0) is 25.6 Å². The smallest absolute Gasteiger partial charge is 0.326 e. The molecule has 0 aliphatic carbocycles. The van der Waals surface area contributed by atoms with E-state index < -0.39 is 48.3 Å². The van der Waals surface area contributed by atoms with E-state index in [0.29, 0.717) is 5.75 Å². The molecule has 0 bridgehead atoms. The maximum absolute atomic E-state index is 12.7. The Morgan fingerprint density at radius 1 is 1.04 bits per heavy atom. The predicted molar refractivity (Wildman–Crippen MR) is 105 cm³/mol. The maximum atomic E-state index is 12.7. The summed E-state index contributed by atoms with van der Waals surface area (Å²) in [4.78, 5) is 46.9. The van der Waals surface area contributed by atoms with Crippen LogP contribution < -0.4 is 16.4 Å². The predicted octanol–water partition coefficient (Wildman–Crippen LogP) is -0.162. The Kier molecular flexibility index (Phi) is 10.0. The van der Waals surface area contributed by atoms with Crippen molar-refractivity contribution in [3.05, 3.63) is 35.9 Å². The molecular weight excluding hydrogens is 386 g/mol. The average Bonchev–Trinajstić information content (AvgIpc) is 2.64. The molecule has 0 fully saturated rings. The second-order valence-electron chi connectivity index (χ2n) is 6.14. The molecule has 0 unspecified atom stereocenters. The highest BCUT2D eigenvalue weighted by Gasteiger charge is 2.28. The fraction of sp³-hybridized carbons (Fsp3) is 0.444. The highest BCUT2D eigenvalue weighted by atomic mass is 32.2. The van der Waals surface area contributed by atoms with Crippen LogP contribution in [0, 0.1) is 0 Å². The number of aliphatic carboxylic acids is 2.